The van der Waals surface area contributed by atoms with Crippen molar-refractivity contribution in [2.75, 3.05) is 6.54 Å². The van der Waals surface area contributed by atoms with Gasteiger partial charge in [0, 0.05) is 53.6 Å². The lowest BCUT2D eigenvalue weighted by Crippen LogP contribution is -2.30. The largest absolute Gasteiger partial charge is 0.361 e. The molecule has 0 spiro atoms. The van der Waals surface area contributed by atoms with Crippen LogP contribution in [0, 0.1) is 6.92 Å². The molecule has 2 aromatic carbocycles. The van der Waals surface area contributed by atoms with Gasteiger partial charge in [-0.15, -0.1) is 0 Å². The molecule has 5 nitrogen and oxygen atoms in total. The van der Waals surface area contributed by atoms with E-state index >= 15 is 0 Å². The molecule has 148 valence electrons. The third-order valence-corrected chi connectivity index (χ3v) is 6.12. The number of hydrogen-bond acceptors (Lipinski definition) is 3. The van der Waals surface area contributed by atoms with Gasteiger partial charge in [-0.3, -0.25) is 9.59 Å². The van der Waals surface area contributed by atoms with E-state index in [1.165, 1.54) is 11.3 Å². The maximum atomic E-state index is 12.5. The van der Waals surface area contributed by atoms with E-state index in [1.54, 1.807) is 4.57 Å². The lowest BCUT2D eigenvalue weighted by molar-refractivity contribution is -0.121. The average molecular weight is 406 g/mol. The summed E-state index contributed by atoms with van der Waals surface area (Å²) in [5.41, 5.74) is 4.30. The second-order valence-corrected chi connectivity index (χ2v) is 7.92. The summed E-state index contributed by atoms with van der Waals surface area (Å²) in [6.45, 7) is 2.80. The van der Waals surface area contributed by atoms with Crippen molar-refractivity contribution in [2.45, 2.75) is 25.8 Å². The van der Waals surface area contributed by atoms with Crippen molar-refractivity contribution in [3.63, 3.8) is 0 Å². The van der Waals surface area contributed by atoms with Gasteiger partial charge in [-0.2, -0.15) is 0 Å². The number of thiazole rings is 1. The summed E-state index contributed by atoms with van der Waals surface area (Å²) in [5.74, 6) is -0.00909. The van der Waals surface area contributed by atoms with Crippen LogP contribution in [0.4, 0.5) is 0 Å². The highest BCUT2D eigenvalue weighted by Gasteiger charge is 2.19. The van der Waals surface area contributed by atoms with Crippen LogP contribution >= 0.6 is 11.3 Å². The fourth-order valence-electron chi connectivity index (χ4n) is 3.67. The van der Waals surface area contributed by atoms with Crippen molar-refractivity contribution >= 4 is 28.1 Å². The van der Waals surface area contributed by atoms with Crippen molar-refractivity contribution in [3.05, 3.63) is 92.7 Å². The number of aromatic amines is 1. The highest BCUT2D eigenvalue weighted by atomic mass is 32.1. The van der Waals surface area contributed by atoms with Crippen LogP contribution in [0.1, 0.15) is 29.2 Å². The van der Waals surface area contributed by atoms with Gasteiger partial charge >= 0.3 is 4.87 Å². The summed E-state index contributed by atoms with van der Waals surface area (Å²) in [5, 5.41) is 6.06. The standard InChI is InChI=1S/C23H23N3O2S/c1-16-15-29-23(28)26(16)12-11-22(27)25-13-19(17-7-3-2-4-8-17)20-14-24-21-10-6-5-9-18(20)21/h2-10,14-15,19,24H,11-13H2,1H3,(H,25,27). The van der Waals surface area contributed by atoms with Crippen molar-refractivity contribution in [2.24, 2.45) is 0 Å². The van der Waals surface area contributed by atoms with Gasteiger partial charge in [0.05, 0.1) is 0 Å². The molecule has 0 saturated carbocycles. The molecule has 0 aliphatic carbocycles. The number of rotatable bonds is 7. The second-order valence-electron chi connectivity index (χ2n) is 7.10. The van der Waals surface area contributed by atoms with E-state index in [2.05, 4.69) is 34.6 Å². The van der Waals surface area contributed by atoms with Gasteiger partial charge in [0.2, 0.25) is 5.91 Å². The number of amides is 1. The minimum Gasteiger partial charge on any atom is -0.361 e. The van der Waals surface area contributed by atoms with Crippen molar-refractivity contribution in [1.82, 2.24) is 14.9 Å². The lowest BCUT2D eigenvalue weighted by atomic mass is 9.91. The van der Waals surface area contributed by atoms with Crippen LogP contribution in [0.15, 0.2) is 71.0 Å². The summed E-state index contributed by atoms with van der Waals surface area (Å²) in [6, 6.07) is 18.4. The van der Waals surface area contributed by atoms with Crippen LogP contribution in [0.5, 0.6) is 0 Å². The van der Waals surface area contributed by atoms with Crippen LogP contribution in [0.2, 0.25) is 0 Å². The van der Waals surface area contributed by atoms with Gasteiger partial charge in [0.1, 0.15) is 0 Å². The first-order valence-electron chi connectivity index (χ1n) is 9.66. The molecule has 0 fully saturated rings. The summed E-state index contributed by atoms with van der Waals surface area (Å²) in [4.78, 5) is 27.6. The Labute approximate surface area is 173 Å². The highest BCUT2D eigenvalue weighted by molar-refractivity contribution is 7.07. The quantitative estimate of drug-likeness (QED) is 0.487. The fraction of sp³-hybridized carbons (Fsp3) is 0.217. The smallest absolute Gasteiger partial charge is 0.307 e. The van der Waals surface area contributed by atoms with Crippen molar-refractivity contribution in [1.29, 1.82) is 0 Å². The van der Waals surface area contributed by atoms with Crippen LogP contribution < -0.4 is 10.2 Å². The minimum absolute atomic E-state index is 0.0174. The average Bonchev–Trinajstić information content (AvgIpc) is 3.31. The normalized spacial score (nSPS) is 12.2. The maximum Gasteiger partial charge on any atom is 0.307 e. The van der Waals surface area contributed by atoms with E-state index in [1.807, 2.05) is 48.8 Å². The predicted octanol–water partition coefficient (Wildman–Crippen LogP) is 4.04. The zero-order chi connectivity index (χ0) is 20.2. The Balaban J connectivity index is 1.51. The zero-order valence-electron chi connectivity index (χ0n) is 16.2. The van der Waals surface area contributed by atoms with Gasteiger partial charge in [-0.1, -0.05) is 59.9 Å². The molecule has 0 aliphatic heterocycles. The summed E-state index contributed by atoms with van der Waals surface area (Å²) < 4.78 is 1.65. The van der Waals surface area contributed by atoms with Gasteiger partial charge in [-0.25, -0.2) is 0 Å². The van der Waals surface area contributed by atoms with Gasteiger partial charge < -0.3 is 14.9 Å². The number of nitrogens with zero attached hydrogens (tertiary/aromatic N) is 1. The number of aryl methyl sites for hydroxylation is 1. The number of benzene rings is 2. The van der Waals surface area contributed by atoms with Crippen molar-refractivity contribution < 1.29 is 4.79 Å². The molecule has 1 amide bonds. The molecule has 0 saturated heterocycles. The Morgan fingerprint density at radius 2 is 1.90 bits per heavy atom. The molecule has 0 bridgehead atoms. The molecule has 4 rings (SSSR count). The third-order valence-electron chi connectivity index (χ3n) is 5.24. The molecule has 6 heteroatoms. The van der Waals surface area contributed by atoms with Crippen LogP contribution in [0.3, 0.4) is 0 Å². The molecule has 2 heterocycles. The van der Waals surface area contributed by atoms with E-state index < -0.39 is 0 Å². The number of aromatic nitrogens is 2. The molecule has 2 N–H and O–H groups in total. The zero-order valence-corrected chi connectivity index (χ0v) is 17.0. The Hall–Kier alpha value is -3.12. The topological polar surface area (TPSA) is 66.9 Å². The molecular formula is C23H23N3O2S. The minimum atomic E-state index is -0.0525. The first-order chi connectivity index (χ1) is 14.1. The molecule has 29 heavy (non-hydrogen) atoms. The first kappa shape index (κ1) is 19.2. The van der Waals surface area contributed by atoms with Gasteiger partial charge in [-0.05, 0) is 24.1 Å². The number of carbonyl (C=O) groups is 1. The molecule has 1 atom stereocenters. The maximum absolute atomic E-state index is 12.5. The number of nitrogens with one attached hydrogen (secondary N) is 2. The van der Waals surface area contributed by atoms with E-state index in [-0.39, 0.29) is 23.1 Å². The molecular weight excluding hydrogens is 382 g/mol. The summed E-state index contributed by atoms with van der Waals surface area (Å²) >= 11 is 1.17. The van der Waals surface area contributed by atoms with Crippen LogP contribution in [0.25, 0.3) is 10.9 Å². The Kier molecular flexibility index (Phi) is 5.62. The Morgan fingerprint density at radius 3 is 2.66 bits per heavy atom. The number of para-hydroxylation sites is 1. The van der Waals surface area contributed by atoms with Crippen molar-refractivity contribution in [3.8, 4) is 0 Å². The Morgan fingerprint density at radius 1 is 1.14 bits per heavy atom. The first-order valence-corrected chi connectivity index (χ1v) is 10.5. The number of hydrogen-bond donors (Lipinski definition) is 2. The molecule has 4 aromatic rings. The highest BCUT2D eigenvalue weighted by Crippen LogP contribution is 2.30. The second kappa shape index (κ2) is 8.49. The number of carbonyl (C=O) groups excluding carboxylic acids is 1. The molecule has 0 radical (unpaired) electrons. The van der Waals surface area contributed by atoms with E-state index in [9.17, 15) is 9.59 Å². The van der Waals surface area contributed by atoms with Crippen LogP contribution in [-0.4, -0.2) is 22.0 Å². The molecule has 1 unspecified atom stereocenters. The monoisotopic (exact) mass is 405 g/mol. The summed E-state index contributed by atoms with van der Waals surface area (Å²) in [6.07, 6.45) is 2.32. The lowest BCUT2D eigenvalue weighted by Gasteiger charge is -2.18. The van der Waals surface area contributed by atoms with Gasteiger partial charge in [0.15, 0.2) is 0 Å². The van der Waals surface area contributed by atoms with E-state index in [0.717, 1.165) is 27.7 Å². The Bertz CT molecular complexity index is 1170. The summed E-state index contributed by atoms with van der Waals surface area (Å²) in [7, 11) is 0. The van der Waals surface area contributed by atoms with E-state index in [4.69, 9.17) is 0 Å². The van der Waals surface area contributed by atoms with Gasteiger partial charge in [0.25, 0.3) is 0 Å². The third kappa shape index (κ3) is 4.17. The SMILES string of the molecule is Cc1csc(=O)n1CCC(=O)NCC(c1ccccc1)c1c[nH]c2ccccc12. The number of fused-ring (bicyclic) bond motifs is 1. The molecule has 0 aliphatic rings. The van der Waals surface area contributed by atoms with E-state index in [0.29, 0.717) is 13.1 Å². The molecule has 2 aromatic heterocycles. The van der Waals surface area contributed by atoms with Crippen LogP contribution in [-0.2, 0) is 11.3 Å². The predicted molar refractivity (Wildman–Crippen MR) is 118 cm³/mol. The number of H-pyrrole nitrogens is 1. The fourth-order valence-corrected chi connectivity index (χ4v) is 4.43.